The highest BCUT2D eigenvalue weighted by Gasteiger charge is 2.20. The summed E-state index contributed by atoms with van der Waals surface area (Å²) < 4.78 is 0. The van der Waals surface area contributed by atoms with E-state index in [0.717, 1.165) is 6.42 Å². The monoisotopic (exact) mass is 143 g/mol. The first-order valence-electron chi connectivity index (χ1n) is 4.21. The molecule has 2 nitrogen and oxygen atoms in total. The molecule has 2 heteroatoms. The Morgan fingerprint density at radius 1 is 1.40 bits per heavy atom. The van der Waals surface area contributed by atoms with Crippen molar-refractivity contribution in [1.29, 1.82) is 0 Å². The van der Waals surface area contributed by atoms with E-state index in [1.807, 2.05) is 0 Å². The van der Waals surface area contributed by atoms with Crippen molar-refractivity contribution < 1.29 is 5.11 Å². The molecule has 0 amide bonds. The standard InChI is InChI=1S/C8H17NO/c9-8(5-6-10)7-3-1-2-4-7/h7-8,10H,1-6,9H2. The Bertz CT molecular complexity index is 89.3. The van der Waals surface area contributed by atoms with Gasteiger partial charge in [-0.3, -0.25) is 0 Å². The number of hydrogen-bond donors (Lipinski definition) is 2. The second kappa shape index (κ2) is 3.94. The zero-order chi connectivity index (χ0) is 7.40. The second-order valence-corrected chi connectivity index (χ2v) is 3.22. The summed E-state index contributed by atoms with van der Waals surface area (Å²) in [5.74, 6) is 0.701. The van der Waals surface area contributed by atoms with Crippen LogP contribution in [0.15, 0.2) is 0 Å². The number of rotatable bonds is 3. The van der Waals surface area contributed by atoms with Gasteiger partial charge >= 0.3 is 0 Å². The Morgan fingerprint density at radius 2 is 2.00 bits per heavy atom. The van der Waals surface area contributed by atoms with Crippen molar-refractivity contribution in [2.75, 3.05) is 6.61 Å². The van der Waals surface area contributed by atoms with E-state index in [0.29, 0.717) is 5.92 Å². The van der Waals surface area contributed by atoms with Gasteiger partial charge in [-0.1, -0.05) is 12.8 Å². The number of nitrogens with two attached hydrogens (primary N) is 1. The summed E-state index contributed by atoms with van der Waals surface area (Å²) in [7, 11) is 0. The predicted octanol–water partition coefficient (Wildman–Crippen LogP) is 0.886. The van der Waals surface area contributed by atoms with Crippen LogP contribution in [0.5, 0.6) is 0 Å². The Kier molecular flexibility index (Phi) is 3.16. The first-order valence-corrected chi connectivity index (χ1v) is 4.21. The lowest BCUT2D eigenvalue weighted by Gasteiger charge is -2.16. The van der Waals surface area contributed by atoms with Gasteiger partial charge in [-0.15, -0.1) is 0 Å². The van der Waals surface area contributed by atoms with Crippen molar-refractivity contribution in [1.82, 2.24) is 0 Å². The van der Waals surface area contributed by atoms with Gasteiger partial charge in [0.25, 0.3) is 0 Å². The Hall–Kier alpha value is -0.0800. The van der Waals surface area contributed by atoms with Crippen LogP contribution in [0.2, 0.25) is 0 Å². The van der Waals surface area contributed by atoms with Gasteiger partial charge in [0.05, 0.1) is 0 Å². The maximum atomic E-state index is 8.62. The molecule has 10 heavy (non-hydrogen) atoms. The summed E-state index contributed by atoms with van der Waals surface area (Å²) in [6.07, 6.45) is 6.01. The molecule has 0 radical (unpaired) electrons. The van der Waals surface area contributed by atoms with Crippen LogP contribution < -0.4 is 5.73 Å². The summed E-state index contributed by atoms with van der Waals surface area (Å²) in [5.41, 5.74) is 5.83. The van der Waals surface area contributed by atoms with Gasteiger partial charge in [0, 0.05) is 12.6 Å². The van der Waals surface area contributed by atoms with Crippen molar-refractivity contribution in [2.45, 2.75) is 38.1 Å². The van der Waals surface area contributed by atoms with Crippen LogP contribution >= 0.6 is 0 Å². The van der Waals surface area contributed by atoms with Crippen LogP contribution in [0.25, 0.3) is 0 Å². The summed E-state index contributed by atoms with van der Waals surface area (Å²) in [5, 5.41) is 8.62. The molecule has 1 fully saturated rings. The fraction of sp³-hybridized carbons (Fsp3) is 1.00. The molecule has 1 saturated carbocycles. The Morgan fingerprint density at radius 3 is 2.50 bits per heavy atom. The molecule has 0 heterocycles. The molecule has 0 aliphatic heterocycles. The largest absolute Gasteiger partial charge is 0.396 e. The number of hydrogen-bond acceptors (Lipinski definition) is 2. The molecule has 0 aromatic carbocycles. The minimum atomic E-state index is 0.248. The van der Waals surface area contributed by atoms with E-state index < -0.39 is 0 Å². The highest BCUT2D eigenvalue weighted by Crippen LogP contribution is 2.27. The molecule has 0 aromatic rings. The predicted molar refractivity (Wildman–Crippen MR) is 41.6 cm³/mol. The van der Waals surface area contributed by atoms with Crippen molar-refractivity contribution in [3.8, 4) is 0 Å². The number of aliphatic hydroxyl groups excluding tert-OH is 1. The normalized spacial score (nSPS) is 23.4. The molecule has 1 rings (SSSR count). The minimum absolute atomic E-state index is 0.248. The SMILES string of the molecule is NC(CCO)C1CCCC1. The van der Waals surface area contributed by atoms with Crippen LogP contribution in [-0.4, -0.2) is 17.8 Å². The van der Waals surface area contributed by atoms with Gasteiger partial charge in [0.1, 0.15) is 0 Å². The molecule has 0 saturated heterocycles. The van der Waals surface area contributed by atoms with Gasteiger partial charge in [0.2, 0.25) is 0 Å². The van der Waals surface area contributed by atoms with Gasteiger partial charge < -0.3 is 10.8 Å². The van der Waals surface area contributed by atoms with E-state index in [1.165, 1.54) is 25.7 Å². The van der Waals surface area contributed by atoms with Crippen molar-refractivity contribution >= 4 is 0 Å². The molecule has 60 valence electrons. The third kappa shape index (κ3) is 1.96. The molecule has 0 spiro atoms. The van der Waals surface area contributed by atoms with E-state index in [2.05, 4.69) is 0 Å². The average molecular weight is 143 g/mol. The fourth-order valence-corrected chi connectivity index (χ4v) is 1.77. The first-order chi connectivity index (χ1) is 4.84. The lowest BCUT2D eigenvalue weighted by Crippen LogP contribution is -2.29. The van der Waals surface area contributed by atoms with Gasteiger partial charge in [-0.05, 0) is 25.2 Å². The quantitative estimate of drug-likeness (QED) is 0.616. The zero-order valence-corrected chi connectivity index (χ0v) is 6.42. The van der Waals surface area contributed by atoms with Crippen LogP contribution in [0, 0.1) is 5.92 Å². The van der Waals surface area contributed by atoms with E-state index in [1.54, 1.807) is 0 Å². The summed E-state index contributed by atoms with van der Waals surface area (Å²) in [4.78, 5) is 0. The molecule has 1 atom stereocenters. The smallest absolute Gasteiger partial charge is 0.0445 e. The number of aliphatic hydroxyl groups is 1. The van der Waals surface area contributed by atoms with E-state index in [9.17, 15) is 0 Å². The highest BCUT2D eigenvalue weighted by molar-refractivity contribution is 4.77. The van der Waals surface area contributed by atoms with Gasteiger partial charge in [0.15, 0.2) is 0 Å². The summed E-state index contributed by atoms with van der Waals surface area (Å²) in [6, 6.07) is 0.257. The second-order valence-electron chi connectivity index (χ2n) is 3.22. The fourth-order valence-electron chi connectivity index (χ4n) is 1.77. The van der Waals surface area contributed by atoms with Crippen LogP contribution in [-0.2, 0) is 0 Å². The molecule has 1 aliphatic rings. The molecular formula is C8H17NO. The molecule has 3 N–H and O–H groups in total. The molecule has 0 aromatic heterocycles. The molecule has 0 bridgehead atoms. The topological polar surface area (TPSA) is 46.2 Å². The van der Waals surface area contributed by atoms with E-state index >= 15 is 0 Å². The van der Waals surface area contributed by atoms with Crippen LogP contribution in [0.1, 0.15) is 32.1 Å². The molecule has 1 aliphatic carbocycles. The van der Waals surface area contributed by atoms with Gasteiger partial charge in [-0.2, -0.15) is 0 Å². The average Bonchev–Trinajstić information content (AvgIpc) is 2.38. The highest BCUT2D eigenvalue weighted by atomic mass is 16.3. The molecule has 1 unspecified atom stereocenters. The van der Waals surface area contributed by atoms with Crippen LogP contribution in [0.3, 0.4) is 0 Å². The van der Waals surface area contributed by atoms with Crippen molar-refractivity contribution in [2.24, 2.45) is 11.7 Å². The van der Waals surface area contributed by atoms with E-state index in [4.69, 9.17) is 10.8 Å². The molecular weight excluding hydrogens is 126 g/mol. The van der Waals surface area contributed by atoms with Crippen molar-refractivity contribution in [3.05, 3.63) is 0 Å². The Labute approximate surface area is 62.4 Å². The lowest BCUT2D eigenvalue weighted by atomic mass is 9.97. The van der Waals surface area contributed by atoms with Crippen molar-refractivity contribution in [3.63, 3.8) is 0 Å². The lowest BCUT2D eigenvalue weighted by molar-refractivity contribution is 0.255. The third-order valence-corrected chi connectivity index (χ3v) is 2.47. The maximum Gasteiger partial charge on any atom is 0.0445 e. The maximum absolute atomic E-state index is 8.62. The minimum Gasteiger partial charge on any atom is -0.396 e. The zero-order valence-electron chi connectivity index (χ0n) is 6.42. The van der Waals surface area contributed by atoms with Gasteiger partial charge in [-0.25, -0.2) is 0 Å². The van der Waals surface area contributed by atoms with Crippen LogP contribution in [0.4, 0.5) is 0 Å². The van der Waals surface area contributed by atoms with E-state index in [-0.39, 0.29) is 12.6 Å². The summed E-state index contributed by atoms with van der Waals surface area (Å²) >= 11 is 0. The first kappa shape index (κ1) is 8.02. The summed E-state index contributed by atoms with van der Waals surface area (Å²) in [6.45, 7) is 0.248. The Balaban J connectivity index is 2.18. The third-order valence-electron chi connectivity index (χ3n) is 2.47.